The molecule has 0 atom stereocenters. The van der Waals surface area contributed by atoms with Gasteiger partial charge in [-0.2, -0.15) is 0 Å². The SMILES string of the molecule is c1ccc2[s+][te]nc2c1. The van der Waals surface area contributed by atoms with Crippen LogP contribution in [0.3, 0.4) is 0 Å². The summed E-state index contributed by atoms with van der Waals surface area (Å²) in [5.74, 6) is 0. The van der Waals surface area contributed by atoms with Crippen LogP contribution in [0.4, 0.5) is 0 Å². The molecule has 9 heavy (non-hydrogen) atoms. The first kappa shape index (κ1) is 5.79. The second kappa shape index (κ2) is 2.34. The Morgan fingerprint density at radius 3 is 3.11 bits per heavy atom. The van der Waals surface area contributed by atoms with Crippen LogP contribution < -0.4 is 0 Å². The summed E-state index contributed by atoms with van der Waals surface area (Å²) in [5, 5.41) is 0. The van der Waals surface area contributed by atoms with Gasteiger partial charge in [0, 0.05) is 0 Å². The molecule has 0 aliphatic carbocycles. The van der Waals surface area contributed by atoms with Crippen molar-refractivity contribution >= 4 is 38.0 Å². The summed E-state index contributed by atoms with van der Waals surface area (Å²) in [6.45, 7) is 0. The second-order valence-corrected chi connectivity index (χ2v) is 5.70. The molecule has 0 saturated carbocycles. The number of aromatic nitrogens is 1. The number of nitrogens with zero attached hydrogens (tertiary/aromatic N) is 1. The average molecular weight is 250 g/mol. The molecule has 0 bridgehead atoms. The van der Waals surface area contributed by atoms with Gasteiger partial charge in [0.15, 0.2) is 0 Å². The molecule has 0 radical (unpaired) electrons. The van der Waals surface area contributed by atoms with Crippen LogP contribution in [0, 0.1) is 0 Å². The Labute approximate surface area is 65.4 Å². The van der Waals surface area contributed by atoms with Gasteiger partial charge in [-0.3, -0.25) is 0 Å². The van der Waals surface area contributed by atoms with E-state index < -0.39 is 0 Å². The zero-order valence-electron chi connectivity index (χ0n) is 4.57. The van der Waals surface area contributed by atoms with Crippen molar-refractivity contribution in [3.8, 4) is 0 Å². The Balaban J connectivity index is 2.95. The standard InChI is InChI=1S/C6H4NSTe/c1-2-4-6-5(3-1)7-9-8-6/h1-4H/q+1. The molecule has 1 nitrogen and oxygen atoms in total. The molecular formula is C6H4NSTe+. The van der Waals surface area contributed by atoms with Crippen molar-refractivity contribution in [2.45, 2.75) is 0 Å². The monoisotopic (exact) mass is 252 g/mol. The fourth-order valence-corrected chi connectivity index (χ4v) is 4.77. The van der Waals surface area contributed by atoms with Gasteiger partial charge < -0.3 is 0 Å². The topological polar surface area (TPSA) is 12.9 Å². The molecular weight excluding hydrogens is 246 g/mol. The van der Waals surface area contributed by atoms with Crippen molar-refractivity contribution in [2.24, 2.45) is 0 Å². The van der Waals surface area contributed by atoms with Gasteiger partial charge in [-0.15, -0.1) is 0 Å². The number of rotatable bonds is 0. The first-order valence-corrected chi connectivity index (χ1v) is 7.24. The molecule has 0 saturated heterocycles. The first-order chi connectivity index (χ1) is 4.47. The molecule has 0 amide bonds. The molecule has 1 aromatic heterocycles. The van der Waals surface area contributed by atoms with Gasteiger partial charge in [0.25, 0.3) is 0 Å². The molecule has 2 rings (SSSR count). The van der Waals surface area contributed by atoms with E-state index in [2.05, 4.69) is 21.4 Å². The molecule has 0 aliphatic rings. The predicted molar refractivity (Wildman–Crippen MR) is 41.0 cm³/mol. The molecule has 0 aliphatic heterocycles. The van der Waals surface area contributed by atoms with Crippen LogP contribution in [0.2, 0.25) is 0 Å². The quantitative estimate of drug-likeness (QED) is 0.511. The van der Waals surface area contributed by atoms with Gasteiger partial charge in [-0.05, 0) is 0 Å². The first-order valence-electron chi connectivity index (χ1n) is 2.60. The third kappa shape index (κ3) is 1.01. The van der Waals surface area contributed by atoms with Gasteiger partial charge in [0.2, 0.25) is 0 Å². The normalized spacial score (nSPS) is 10.2. The maximum absolute atomic E-state index is 4.39. The van der Waals surface area contributed by atoms with E-state index in [1.807, 2.05) is 14.6 Å². The molecule has 1 heterocycles. The summed E-state index contributed by atoms with van der Waals surface area (Å²) in [5.41, 5.74) is 1.21. The Hall–Kier alpha value is 0.0296. The van der Waals surface area contributed by atoms with E-state index in [0.29, 0.717) is 0 Å². The van der Waals surface area contributed by atoms with Gasteiger partial charge in [-0.1, -0.05) is 0 Å². The minimum absolute atomic E-state index is 0.100. The van der Waals surface area contributed by atoms with E-state index in [4.69, 9.17) is 0 Å². The third-order valence-corrected chi connectivity index (χ3v) is 5.18. The Bertz CT molecular complexity index is 287. The van der Waals surface area contributed by atoms with Gasteiger partial charge >= 0.3 is 65.5 Å². The van der Waals surface area contributed by atoms with Crippen molar-refractivity contribution in [2.75, 3.05) is 0 Å². The molecule has 2 aromatic rings. The molecule has 1 aromatic carbocycles. The summed E-state index contributed by atoms with van der Waals surface area (Å²) in [4.78, 5) is 0. The van der Waals surface area contributed by atoms with Crippen LogP contribution in [-0.4, -0.2) is 22.5 Å². The van der Waals surface area contributed by atoms with Gasteiger partial charge in [-0.25, -0.2) is 0 Å². The fourth-order valence-electron chi connectivity index (χ4n) is 0.702. The Morgan fingerprint density at radius 1 is 1.33 bits per heavy atom. The minimum atomic E-state index is -0.100. The Morgan fingerprint density at radius 2 is 2.22 bits per heavy atom. The van der Waals surface area contributed by atoms with Crippen molar-refractivity contribution in [1.29, 1.82) is 0 Å². The predicted octanol–water partition coefficient (Wildman–Crippen LogP) is 1.63. The van der Waals surface area contributed by atoms with Crippen LogP contribution in [0.15, 0.2) is 24.3 Å². The third-order valence-electron chi connectivity index (χ3n) is 1.13. The van der Waals surface area contributed by atoms with Crippen LogP contribution in [0.25, 0.3) is 10.2 Å². The number of hydrogen-bond acceptors (Lipinski definition) is 1. The molecule has 0 N–H and O–H groups in total. The van der Waals surface area contributed by atoms with Crippen LogP contribution in [0.5, 0.6) is 0 Å². The summed E-state index contributed by atoms with van der Waals surface area (Å²) in [6.07, 6.45) is 0. The maximum atomic E-state index is 4.39. The number of benzene rings is 1. The molecule has 44 valence electrons. The van der Waals surface area contributed by atoms with E-state index in [1.165, 1.54) is 10.2 Å². The van der Waals surface area contributed by atoms with Crippen LogP contribution in [0.1, 0.15) is 0 Å². The zero-order chi connectivity index (χ0) is 6.10. The van der Waals surface area contributed by atoms with E-state index in [0.717, 1.165) is 0 Å². The van der Waals surface area contributed by atoms with E-state index in [-0.39, 0.29) is 19.3 Å². The van der Waals surface area contributed by atoms with Crippen LogP contribution >= 0.6 is 8.51 Å². The molecule has 3 heteroatoms. The summed E-state index contributed by atoms with van der Waals surface area (Å²) >= 11 is -0.100. The summed E-state index contributed by atoms with van der Waals surface area (Å²) < 4.78 is 5.77. The van der Waals surface area contributed by atoms with Crippen molar-refractivity contribution in [3.05, 3.63) is 24.3 Å². The van der Waals surface area contributed by atoms with Crippen molar-refractivity contribution in [3.63, 3.8) is 0 Å². The summed E-state index contributed by atoms with van der Waals surface area (Å²) in [7, 11) is 1.93. The molecule has 0 spiro atoms. The van der Waals surface area contributed by atoms with Crippen molar-refractivity contribution < 1.29 is 0 Å². The molecule has 0 fully saturated rings. The van der Waals surface area contributed by atoms with Gasteiger partial charge in [0.05, 0.1) is 0 Å². The second-order valence-electron chi connectivity index (χ2n) is 1.72. The van der Waals surface area contributed by atoms with Crippen molar-refractivity contribution in [1.82, 2.24) is 3.21 Å². The fraction of sp³-hybridized carbons (Fsp3) is 0. The number of fused-ring (bicyclic) bond motifs is 1. The zero-order valence-corrected chi connectivity index (χ0v) is 7.72. The van der Waals surface area contributed by atoms with E-state index >= 15 is 0 Å². The average Bonchev–Trinajstić information content (AvgIpc) is 2.33. The molecule has 0 unspecified atom stereocenters. The van der Waals surface area contributed by atoms with E-state index in [9.17, 15) is 0 Å². The Kier molecular flexibility index (Phi) is 1.50. The van der Waals surface area contributed by atoms with Crippen LogP contribution in [-0.2, 0) is 0 Å². The van der Waals surface area contributed by atoms with Gasteiger partial charge in [0.1, 0.15) is 0 Å². The van der Waals surface area contributed by atoms with E-state index in [1.54, 1.807) is 0 Å². The number of hydrogen-bond donors (Lipinski definition) is 0. The summed E-state index contributed by atoms with van der Waals surface area (Å²) in [6, 6.07) is 8.34.